The first-order chi connectivity index (χ1) is 1.73. The summed E-state index contributed by atoms with van der Waals surface area (Å²) in [6.07, 6.45) is 0. The van der Waals surface area contributed by atoms with Crippen molar-refractivity contribution in [2.75, 3.05) is 0 Å². The van der Waals surface area contributed by atoms with Crippen molar-refractivity contribution >= 4 is 0 Å². The predicted octanol–water partition coefficient (Wildman–Crippen LogP) is 1.47. The van der Waals surface area contributed by atoms with Gasteiger partial charge < -0.3 is 6.92 Å². The normalized spacial score (nSPS) is 7.20. The molecule has 0 saturated carbocycles. The van der Waals surface area contributed by atoms with E-state index in [1.165, 1.54) is 0 Å². The molecule has 0 nitrogen and oxygen atoms in total. The molecule has 5 heavy (non-hydrogen) atoms. The topological polar surface area (TPSA) is 0 Å². The Morgan fingerprint density at radius 2 is 1.40 bits per heavy atom. The van der Waals surface area contributed by atoms with E-state index < -0.39 is 0 Å². The number of hydrogen-bond donors (Lipinski definition) is 0. The molecule has 0 aliphatic carbocycles. The molecule has 0 unspecified atom stereocenters. The molecule has 0 bridgehead atoms. The molecule has 0 N–H and O–H groups in total. The molecule has 0 saturated heterocycles. The summed E-state index contributed by atoms with van der Waals surface area (Å²) < 4.78 is 0. The molecule has 0 amide bonds. The van der Waals surface area contributed by atoms with Gasteiger partial charge in [0.05, 0.1) is 0 Å². The van der Waals surface area contributed by atoms with Gasteiger partial charge in [0.1, 0.15) is 0 Å². The molecule has 0 rings (SSSR count). The predicted molar refractivity (Wildman–Crippen MR) is 20.2 cm³/mol. The van der Waals surface area contributed by atoms with Crippen LogP contribution in [0.15, 0.2) is 0 Å². The third-order valence-electron chi connectivity index (χ3n) is 0. The standard InChI is InChI=1S/C4H9.Zn/c1-4(2)3;/h4H,1H2,2-3H3;/q-1;. The van der Waals surface area contributed by atoms with Crippen molar-refractivity contribution in [3.8, 4) is 0 Å². The fraction of sp³-hybridized carbons (Fsp3) is 0.750. The minimum atomic E-state index is 0. The minimum absolute atomic E-state index is 0. The molecule has 0 fully saturated rings. The van der Waals surface area contributed by atoms with Crippen LogP contribution >= 0.6 is 0 Å². The molecular formula is C4H9Zn-. The van der Waals surface area contributed by atoms with Crippen molar-refractivity contribution in [2.24, 2.45) is 5.92 Å². The Hall–Kier alpha value is 0.623. The van der Waals surface area contributed by atoms with Gasteiger partial charge in [-0.05, 0) is 0 Å². The molecule has 1 heteroatoms. The molecule has 0 aliphatic heterocycles. The molecule has 0 radical (unpaired) electrons. The van der Waals surface area contributed by atoms with E-state index in [0.29, 0.717) is 5.92 Å². The average molecular weight is 123 g/mol. The largest absolute Gasteiger partial charge is 0.341 e. The molecule has 0 heterocycles. The zero-order valence-corrected chi connectivity index (χ0v) is 6.96. The molecule has 0 aromatic carbocycles. The maximum Gasteiger partial charge on any atom is 0 e. The fourth-order valence-electron chi connectivity index (χ4n) is 0. The van der Waals surface area contributed by atoms with Gasteiger partial charge >= 0.3 is 0 Å². The Balaban J connectivity index is 0. The summed E-state index contributed by atoms with van der Waals surface area (Å²) in [7, 11) is 0. The second-order valence-electron chi connectivity index (χ2n) is 1.39. The van der Waals surface area contributed by atoms with Gasteiger partial charge in [0, 0.05) is 19.5 Å². The van der Waals surface area contributed by atoms with Gasteiger partial charge in [-0.2, -0.15) is 5.92 Å². The number of rotatable bonds is 0. The average Bonchev–Trinajstić information content (AvgIpc) is 0.811. The SMILES string of the molecule is [CH2-]C(C)C.[Zn]. The Kier molecular flexibility index (Phi) is 8.47. The minimum Gasteiger partial charge on any atom is -0.341 e. The summed E-state index contributed by atoms with van der Waals surface area (Å²) in [4.78, 5) is 0. The summed E-state index contributed by atoms with van der Waals surface area (Å²) in [6, 6.07) is 0. The van der Waals surface area contributed by atoms with E-state index in [-0.39, 0.29) is 19.5 Å². The van der Waals surface area contributed by atoms with Crippen LogP contribution in [0, 0.1) is 12.8 Å². The van der Waals surface area contributed by atoms with Gasteiger partial charge in [-0.15, -0.1) is 0 Å². The van der Waals surface area contributed by atoms with Crippen LogP contribution < -0.4 is 0 Å². The third kappa shape index (κ3) is 81.9. The van der Waals surface area contributed by atoms with Crippen LogP contribution in [0.5, 0.6) is 0 Å². The van der Waals surface area contributed by atoms with Crippen molar-refractivity contribution in [1.29, 1.82) is 0 Å². The first kappa shape index (κ1) is 9.16. The monoisotopic (exact) mass is 121 g/mol. The second-order valence-corrected chi connectivity index (χ2v) is 1.39. The van der Waals surface area contributed by atoms with Gasteiger partial charge in [0.15, 0.2) is 0 Å². The van der Waals surface area contributed by atoms with Gasteiger partial charge in [0.2, 0.25) is 0 Å². The van der Waals surface area contributed by atoms with Crippen molar-refractivity contribution in [1.82, 2.24) is 0 Å². The summed E-state index contributed by atoms with van der Waals surface area (Å²) in [5, 5.41) is 0. The van der Waals surface area contributed by atoms with Crippen LogP contribution in [0.4, 0.5) is 0 Å². The molecule has 0 atom stereocenters. The Morgan fingerprint density at radius 1 is 1.40 bits per heavy atom. The molecular weight excluding hydrogens is 113 g/mol. The van der Waals surface area contributed by atoms with E-state index in [1.54, 1.807) is 0 Å². The zero-order valence-electron chi connectivity index (χ0n) is 3.99. The third-order valence-corrected chi connectivity index (χ3v) is 0. The second kappa shape index (κ2) is 4.62. The van der Waals surface area contributed by atoms with E-state index in [0.717, 1.165) is 0 Å². The molecule has 0 aromatic rings. The van der Waals surface area contributed by atoms with Crippen molar-refractivity contribution < 1.29 is 19.5 Å². The molecule has 0 aliphatic rings. The molecule has 28 valence electrons. The smallest absolute Gasteiger partial charge is 0 e. The maximum atomic E-state index is 3.64. The Bertz CT molecular complexity index is 8.36. The van der Waals surface area contributed by atoms with Crippen molar-refractivity contribution in [2.45, 2.75) is 13.8 Å². The Morgan fingerprint density at radius 3 is 1.40 bits per heavy atom. The van der Waals surface area contributed by atoms with Crippen LogP contribution in [0.25, 0.3) is 0 Å². The summed E-state index contributed by atoms with van der Waals surface area (Å²) in [6.45, 7) is 7.75. The van der Waals surface area contributed by atoms with Gasteiger partial charge in [-0.1, -0.05) is 13.8 Å². The van der Waals surface area contributed by atoms with Crippen LogP contribution in [-0.2, 0) is 19.5 Å². The van der Waals surface area contributed by atoms with Gasteiger partial charge in [0.25, 0.3) is 0 Å². The molecule has 0 aromatic heterocycles. The van der Waals surface area contributed by atoms with Crippen LogP contribution in [-0.4, -0.2) is 0 Å². The first-order valence-electron chi connectivity index (χ1n) is 1.56. The summed E-state index contributed by atoms with van der Waals surface area (Å²) in [5.41, 5.74) is 0. The summed E-state index contributed by atoms with van der Waals surface area (Å²) in [5.74, 6) is 0.583. The first-order valence-corrected chi connectivity index (χ1v) is 1.56. The number of hydrogen-bond acceptors (Lipinski definition) is 0. The summed E-state index contributed by atoms with van der Waals surface area (Å²) >= 11 is 0. The van der Waals surface area contributed by atoms with Crippen LogP contribution in [0.1, 0.15) is 13.8 Å². The van der Waals surface area contributed by atoms with Crippen LogP contribution in [0.2, 0.25) is 0 Å². The van der Waals surface area contributed by atoms with E-state index in [4.69, 9.17) is 0 Å². The van der Waals surface area contributed by atoms with Crippen molar-refractivity contribution in [3.05, 3.63) is 6.92 Å². The quantitative estimate of drug-likeness (QED) is 0.337. The zero-order chi connectivity index (χ0) is 3.58. The van der Waals surface area contributed by atoms with Gasteiger partial charge in [-0.3, -0.25) is 0 Å². The van der Waals surface area contributed by atoms with E-state index in [9.17, 15) is 0 Å². The van der Waals surface area contributed by atoms with E-state index in [1.807, 2.05) is 0 Å². The van der Waals surface area contributed by atoms with Crippen molar-refractivity contribution in [3.63, 3.8) is 0 Å². The van der Waals surface area contributed by atoms with Crippen LogP contribution in [0.3, 0.4) is 0 Å². The maximum absolute atomic E-state index is 3.64. The van der Waals surface area contributed by atoms with E-state index in [2.05, 4.69) is 20.8 Å². The Labute approximate surface area is 46.7 Å². The van der Waals surface area contributed by atoms with Gasteiger partial charge in [-0.25, -0.2) is 0 Å². The fourth-order valence-corrected chi connectivity index (χ4v) is 0. The van der Waals surface area contributed by atoms with E-state index >= 15 is 0 Å². The molecule has 0 spiro atoms.